The minimum absolute atomic E-state index is 0.0898. The first-order valence-corrected chi connectivity index (χ1v) is 7.27. The van der Waals surface area contributed by atoms with Crippen molar-refractivity contribution in [2.75, 3.05) is 0 Å². The van der Waals surface area contributed by atoms with E-state index in [0.717, 1.165) is 15.6 Å². The molecule has 7 heteroatoms. The summed E-state index contributed by atoms with van der Waals surface area (Å²) >= 11 is 3.37. The lowest BCUT2D eigenvalue weighted by atomic mass is 10.1. The predicted molar refractivity (Wildman–Crippen MR) is 66.2 cm³/mol. The van der Waals surface area contributed by atoms with Gasteiger partial charge in [0.1, 0.15) is 6.33 Å². The second kappa shape index (κ2) is 4.58. The molecular formula is C10H10BrN3O2S. The second-order valence-corrected chi connectivity index (χ2v) is 6.33. The van der Waals surface area contributed by atoms with Gasteiger partial charge in [-0.25, -0.2) is 13.4 Å². The number of nitrogens with one attached hydrogen (secondary N) is 1. The maximum atomic E-state index is 12.0. The van der Waals surface area contributed by atoms with Gasteiger partial charge in [0.05, 0.1) is 5.75 Å². The first kappa shape index (κ1) is 12.3. The summed E-state index contributed by atoms with van der Waals surface area (Å²) in [6.07, 6.45) is 1.18. The van der Waals surface area contributed by atoms with Crippen LogP contribution in [0.2, 0.25) is 0 Å². The molecule has 2 aromatic rings. The van der Waals surface area contributed by atoms with E-state index in [1.165, 1.54) is 6.33 Å². The Morgan fingerprint density at radius 3 is 2.82 bits per heavy atom. The van der Waals surface area contributed by atoms with Crippen LogP contribution in [0.4, 0.5) is 0 Å². The van der Waals surface area contributed by atoms with E-state index < -0.39 is 9.84 Å². The molecule has 0 aliphatic heterocycles. The van der Waals surface area contributed by atoms with Gasteiger partial charge in [-0.1, -0.05) is 28.1 Å². The van der Waals surface area contributed by atoms with Crippen molar-refractivity contribution < 1.29 is 8.42 Å². The molecule has 90 valence electrons. The minimum atomic E-state index is -3.46. The first-order chi connectivity index (χ1) is 8.00. The Balaban J connectivity index is 2.37. The highest BCUT2D eigenvalue weighted by Crippen LogP contribution is 2.22. The number of hydrogen-bond acceptors (Lipinski definition) is 4. The van der Waals surface area contributed by atoms with Gasteiger partial charge in [-0.05, 0) is 24.1 Å². The van der Waals surface area contributed by atoms with E-state index in [-0.39, 0.29) is 10.9 Å². The lowest BCUT2D eigenvalue weighted by molar-refractivity contribution is 0.586. The third kappa shape index (κ3) is 2.55. The van der Waals surface area contributed by atoms with Crippen molar-refractivity contribution in [3.8, 4) is 0 Å². The van der Waals surface area contributed by atoms with Crippen LogP contribution in [0, 0.1) is 6.92 Å². The van der Waals surface area contributed by atoms with Crippen LogP contribution in [-0.2, 0) is 15.6 Å². The molecule has 0 bridgehead atoms. The fourth-order valence-electron chi connectivity index (χ4n) is 1.43. The molecule has 5 nitrogen and oxygen atoms in total. The van der Waals surface area contributed by atoms with E-state index in [4.69, 9.17) is 0 Å². The predicted octanol–water partition coefficient (Wildman–Crippen LogP) is 1.85. The Hall–Kier alpha value is -1.21. The van der Waals surface area contributed by atoms with Gasteiger partial charge in [-0.3, -0.25) is 5.10 Å². The van der Waals surface area contributed by atoms with Gasteiger partial charge in [-0.15, -0.1) is 0 Å². The summed E-state index contributed by atoms with van der Waals surface area (Å²) in [6.45, 7) is 1.87. The first-order valence-electron chi connectivity index (χ1n) is 4.83. The van der Waals surface area contributed by atoms with E-state index in [2.05, 4.69) is 31.1 Å². The third-order valence-corrected chi connectivity index (χ3v) is 4.75. The molecule has 1 aromatic carbocycles. The molecule has 1 aromatic heterocycles. The number of sulfone groups is 1. The number of nitrogens with zero attached hydrogens (tertiary/aromatic N) is 2. The van der Waals surface area contributed by atoms with Gasteiger partial charge in [0.2, 0.25) is 15.0 Å². The Labute approximate surface area is 107 Å². The van der Waals surface area contributed by atoms with E-state index in [1.807, 2.05) is 19.1 Å². The molecule has 0 saturated carbocycles. The van der Waals surface area contributed by atoms with Crippen LogP contribution in [-0.4, -0.2) is 23.6 Å². The Kier molecular flexibility index (Phi) is 3.30. The van der Waals surface area contributed by atoms with Gasteiger partial charge >= 0.3 is 0 Å². The molecule has 0 spiro atoms. The third-order valence-electron chi connectivity index (χ3n) is 2.41. The molecule has 1 heterocycles. The number of aromatic amines is 1. The molecule has 0 saturated heterocycles. The van der Waals surface area contributed by atoms with Crippen LogP contribution < -0.4 is 0 Å². The maximum Gasteiger partial charge on any atom is 0.243 e. The summed E-state index contributed by atoms with van der Waals surface area (Å²) in [6, 6.07) is 5.47. The lowest BCUT2D eigenvalue weighted by Crippen LogP contribution is -2.08. The molecule has 0 unspecified atom stereocenters. The largest absolute Gasteiger partial charge is 0.250 e. The molecule has 1 N–H and O–H groups in total. The van der Waals surface area contributed by atoms with Crippen molar-refractivity contribution in [2.45, 2.75) is 17.8 Å². The van der Waals surface area contributed by atoms with E-state index in [0.29, 0.717) is 0 Å². The Morgan fingerprint density at radius 2 is 2.18 bits per heavy atom. The molecule has 0 radical (unpaired) electrons. The SMILES string of the molecule is Cc1c(Br)cccc1CS(=O)(=O)c1ncn[nH]1. The van der Waals surface area contributed by atoms with Crippen molar-refractivity contribution in [1.82, 2.24) is 15.2 Å². The van der Waals surface area contributed by atoms with Crippen LogP contribution in [0.3, 0.4) is 0 Å². The number of hydrogen-bond donors (Lipinski definition) is 1. The summed E-state index contributed by atoms with van der Waals surface area (Å²) in [4.78, 5) is 3.67. The standard InChI is InChI=1S/C10H10BrN3O2S/c1-7-8(3-2-4-9(7)11)5-17(15,16)10-12-6-13-14-10/h2-4,6H,5H2,1H3,(H,12,13,14). The molecule has 0 amide bonds. The van der Waals surface area contributed by atoms with Gasteiger partial charge in [0, 0.05) is 4.47 Å². The van der Waals surface area contributed by atoms with E-state index in [1.54, 1.807) is 6.07 Å². The van der Waals surface area contributed by atoms with Gasteiger partial charge in [0.25, 0.3) is 0 Å². The normalized spacial score (nSPS) is 11.6. The summed E-state index contributed by atoms with van der Waals surface area (Å²) in [5.74, 6) is -0.0898. The van der Waals surface area contributed by atoms with Gasteiger partial charge in [0.15, 0.2) is 0 Å². The molecule has 0 aliphatic carbocycles. The fourth-order valence-corrected chi connectivity index (χ4v) is 3.09. The summed E-state index contributed by atoms with van der Waals surface area (Å²) in [7, 11) is -3.46. The molecule has 0 fully saturated rings. The number of halogens is 1. The zero-order chi connectivity index (χ0) is 12.5. The highest BCUT2D eigenvalue weighted by atomic mass is 79.9. The summed E-state index contributed by atoms with van der Waals surface area (Å²) in [5, 5.41) is 5.82. The highest BCUT2D eigenvalue weighted by Gasteiger charge is 2.19. The van der Waals surface area contributed by atoms with E-state index >= 15 is 0 Å². The highest BCUT2D eigenvalue weighted by molar-refractivity contribution is 9.10. The zero-order valence-corrected chi connectivity index (χ0v) is 11.4. The average molecular weight is 316 g/mol. The average Bonchev–Trinajstić information content (AvgIpc) is 2.78. The topological polar surface area (TPSA) is 75.7 Å². The Morgan fingerprint density at radius 1 is 1.41 bits per heavy atom. The number of aromatic nitrogens is 3. The van der Waals surface area contributed by atoms with Crippen LogP contribution in [0.15, 0.2) is 34.2 Å². The molecule has 0 aliphatic rings. The molecule has 2 rings (SSSR count). The Bertz CT molecular complexity index is 623. The van der Waals surface area contributed by atoms with Crippen LogP contribution >= 0.6 is 15.9 Å². The minimum Gasteiger partial charge on any atom is -0.250 e. The molecule has 0 atom stereocenters. The molecular weight excluding hydrogens is 306 g/mol. The lowest BCUT2D eigenvalue weighted by Gasteiger charge is -2.06. The van der Waals surface area contributed by atoms with Crippen LogP contribution in [0.25, 0.3) is 0 Å². The van der Waals surface area contributed by atoms with Crippen molar-refractivity contribution in [1.29, 1.82) is 0 Å². The van der Waals surface area contributed by atoms with Crippen LogP contribution in [0.1, 0.15) is 11.1 Å². The number of rotatable bonds is 3. The number of H-pyrrole nitrogens is 1. The fraction of sp³-hybridized carbons (Fsp3) is 0.200. The van der Waals surface area contributed by atoms with Gasteiger partial charge in [-0.2, -0.15) is 5.10 Å². The molecule has 17 heavy (non-hydrogen) atoms. The van der Waals surface area contributed by atoms with Crippen molar-refractivity contribution in [3.05, 3.63) is 40.1 Å². The van der Waals surface area contributed by atoms with Crippen molar-refractivity contribution >= 4 is 25.8 Å². The quantitative estimate of drug-likeness (QED) is 0.937. The zero-order valence-electron chi connectivity index (χ0n) is 9.01. The maximum absolute atomic E-state index is 12.0. The van der Waals surface area contributed by atoms with Crippen molar-refractivity contribution in [2.24, 2.45) is 0 Å². The summed E-state index contributed by atoms with van der Waals surface area (Å²) < 4.78 is 24.8. The number of benzene rings is 1. The smallest absolute Gasteiger partial charge is 0.243 e. The second-order valence-electron chi connectivity index (χ2n) is 3.57. The van der Waals surface area contributed by atoms with E-state index in [9.17, 15) is 8.42 Å². The monoisotopic (exact) mass is 315 g/mol. The summed E-state index contributed by atoms with van der Waals surface area (Å²) in [5.41, 5.74) is 1.66. The van der Waals surface area contributed by atoms with Crippen LogP contribution in [0.5, 0.6) is 0 Å². The van der Waals surface area contributed by atoms with Crippen molar-refractivity contribution in [3.63, 3.8) is 0 Å². The van der Waals surface area contributed by atoms with Gasteiger partial charge < -0.3 is 0 Å².